The van der Waals surface area contributed by atoms with Crippen molar-refractivity contribution in [3.8, 4) is 0 Å². The van der Waals surface area contributed by atoms with Crippen molar-refractivity contribution in [3.05, 3.63) is 0 Å². The SMILES string of the molecule is COC(=O)CCCNCC(O)CO. The molecule has 0 bridgehead atoms. The van der Waals surface area contributed by atoms with Crippen LogP contribution in [0.25, 0.3) is 0 Å². The topological polar surface area (TPSA) is 78.8 Å². The third kappa shape index (κ3) is 7.70. The molecule has 3 N–H and O–H groups in total. The molecule has 0 saturated heterocycles. The monoisotopic (exact) mass is 191 g/mol. The van der Waals surface area contributed by atoms with Gasteiger partial charge in [0.2, 0.25) is 0 Å². The highest BCUT2D eigenvalue weighted by molar-refractivity contribution is 5.68. The van der Waals surface area contributed by atoms with Crippen LogP contribution >= 0.6 is 0 Å². The summed E-state index contributed by atoms with van der Waals surface area (Å²) in [5.41, 5.74) is 0. The highest BCUT2D eigenvalue weighted by Gasteiger charge is 2.01. The fraction of sp³-hybridized carbons (Fsp3) is 0.875. The molecule has 0 radical (unpaired) electrons. The molecular weight excluding hydrogens is 174 g/mol. The molecule has 0 amide bonds. The third-order valence-electron chi connectivity index (χ3n) is 1.55. The summed E-state index contributed by atoms with van der Waals surface area (Å²) < 4.78 is 4.44. The first-order valence-corrected chi connectivity index (χ1v) is 4.27. The van der Waals surface area contributed by atoms with Crippen molar-refractivity contribution in [1.29, 1.82) is 0 Å². The number of methoxy groups -OCH3 is 1. The predicted molar refractivity (Wildman–Crippen MR) is 47.2 cm³/mol. The van der Waals surface area contributed by atoms with Gasteiger partial charge < -0.3 is 20.3 Å². The zero-order valence-corrected chi connectivity index (χ0v) is 7.82. The zero-order chi connectivity index (χ0) is 10.1. The van der Waals surface area contributed by atoms with Crippen LogP contribution in [-0.4, -0.2) is 49.1 Å². The molecule has 5 heteroatoms. The van der Waals surface area contributed by atoms with E-state index in [1.54, 1.807) is 0 Å². The van der Waals surface area contributed by atoms with Gasteiger partial charge in [-0.3, -0.25) is 4.79 Å². The van der Waals surface area contributed by atoms with E-state index in [1.165, 1.54) is 7.11 Å². The fourth-order valence-corrected chi connectivity index (χ4v) is 0.793. The van der Waals surface area contributed by atoms with Crippen LogP contribution in [0, 0.1) is 0 Å². The van der Waals surface area contributed by atoms with Crippen LogP contribution in [-0.2, 0) is 9.53 Å². The lowest BCUT2D eigenvalue weighted by Gasteiger charge is -2.07. The number of nitrogens with one attached hydrogen (secondary N) is 1. The Morgan fingerprint density at radius 2 is 2.31 bits per heavy atom. The molecule has 0 fully saturated rings. The highest BCUT2D eigenvalue weighted by Crippen LogP contribution is 1.89. The molecule has 1 unspecified atom stereocenters. The first-order chi connectivity index (χ1) is 6.20. The van der Waals surface area contributed by atoms with Gasteiger partial charge in [0, 0.05) is 13.0 Å². The molecular formula is C8H17NO4. The minimum absolute atomic E-state index is 0.232. The Bertz CT molecular complexity index is 140. The molecule has 0 spiro atoms. The maximum atomic E-state index is 10.6. The van der Waals surface area contributed by atoms with E-state index in [-0.39, 0.29) is 12.6 Å². The van der Waals surface area contributed by atoms with Crippen molar-refractivity contribution in [2.24, 2.45) is 0 Å². The van der Waals surface area contributed by atoms with Crippen molar-refractivity contribution < 1.29 is 19.7 Å². The Balaban J connectivity index is 3.12. The van der Waals surface area contributed by atoms with Crippen LogP contribution in [0.2, 0.25) is 0 Å². The Morgan fingerprint density at radius 1 is 1.62 bits per heavy atom. The molecule has 0 aliphatic carbocycles. The summed E-state index contributed by atoms with van der Waals surface area (Å²) >= 11 is 0. The van der Waals surface area contributed by atoms with Crippen LogP contribution in [0.3, 0.4) is 0 Å². The van der Waals surface area contributed by atoms with Crippen molar-refractivity contribution in [2.75, 3.05) is 26.8 Å². The molecule has 0 rings (SSSR count). The molecule has 0 aliphatic rings. The summed E-state index contributed by atoms with van der Waals surface area (Å²) in [5.74, 6) is -0.232. The van der Waals surface area contributed by atoms with Gasteiger partial charge in [0.05, 0.1) is 19.8 Å². The number of rotatable bonds is 7. The van der Waals surface area contributed by atoms with Gasteiger partial charge in [-0.2, -0.15) is 0 Å². The number of esters is 1. The fourth-order valence-electron chi connectivity index (χ4n) is 0.793. The summed E-state index contributed by atoms with van der Waals surface area (Å²) in [6.07, 6.45) is 0.321. The Hall–Kier alpha value is -0.650. The van der Waals surface area contributed by atoms with Gasteiger partial charge >= 0.3 is 5.97 Å². The van der Waals surface area contributed by atoms with Gasteiger partial charge in [-0.1, -0.05) is 0 Å². The molecule has 13 heavy (non-hydrogen) atoms. The van der Waals surface area contributed by atoms with Gasteiger partial charge in [-0.05, 0) is 13.0 Å². The van der Waals surface area contributed by atoms with Crippen molar-refractivity contribution in [2.45, 2.75) is 18.9 Å². The molecule has 0 aliphatic heterocycles. The van der Waals surface area contributed by atoms with Crippen LogP contribution in [0.4, 0.5) is 0 Å². The van der Waals surface area contributed by atoms with E-state index in [0.29, 0.717) is 25.9 Å². The third-order valence-corrected chi connectivity index (χ3v) is 1.55. The van der Waals surface area contributed by atoms with Crippen LogP contribution < -0.4 is 5.32 Å². The van der Waals surface area contributed by atoms with E-state index in [2.05, 4.69) is 10.1 Å². The molecule has 0 heterocycles. The molecule has 0 aromatic heterocycles. The molecule has 5 nitrogen and oxygen atoms in total. The second-order valence-electron chi connectivity index (χ2n) is 2.72. The van der Waals surface area contributed by atoms with Gasteiger partial charge in [0.25, 0.3) is 0 Å². The van der Waals surface area contributed by atoms with Gasteiger partial charge in [-0.15, -0.1) is 0 Å². The quantitative estimate of drug-likeness (QED) is 0.351. The van der Waals surface area contributed by atoms with Crippen LogP contribution in [0.15, 0.2) is 0 Å². The molecule has 0 aromatic rings. The molecule has 0 saturated carbocycles. The minimum Gasteiger partial charge on any atom is -0.469 e. The minimum atomic E-state index is -0.724. The summed E-state index contributed by atoms with van der Waals surface area (Å²) in [6, 6.07) is 0. The summed E-state index contributed by atoms with van der Waals surface area (Å²) in [7, 11) is 1.35. The van der Waals surface area contributed by atoms with Gasteiger partial charge in [-0.25, -0.2) is 0 Å². The largest absolute Gasteiger partial charge is 0.469 e. The molecule has 0 aromatic carbocycles. The van der Waals surface area contributed by atoms with E-state index in [1.807, 2.05) is 0 Å². The number of hydrogen-bond acceptors (Lipinski definition) is 5. The van der Waals surface area contributed by atoms with Crippen LogP contribution in [0.1, 0.15) is 12.8 Å². The van der Waals surface area contributed by atoms with E-state index >= 15 is 0 Å². The second-order valence-corrected chi connectivity index (χ2v) is 2.72. The van der Waals surface area contributed by atoms with Crippen LogP contribution in [0.5, 0.6) is 0 Å². The lowest BCUT2D eigenvalue weighted by Crippen LogP contribution is -2.30. The van der Waals surface area contributed by atoms with Gasteiger partial charge in [0.15, 0.2) is 0 Å². The second kappa shape index (κ2) is 7.97. The Morgan fingerprint density at radius 3 is 2.85 bits per heavy atom. The molecule has 78 valence electrons. The van der Waals surface area contributed by atoms with Gasteiger partial charge in [0.1, 0.15) is 0 Å². The maximum absolute atomic E-state index is 10.6. The normalized spacial score (nSPS) is 12.5. The Labute approximate surface area is 77.7 Å². The van der Waals surface area contributed by atoms with Crippen molar-refractivity contribution in [1.82, 2.24) is 5.32 Å². The Kier molecular flexibility index (Phi) is 7.57. The lowest BCUT2D eigenvalue weighted by atomic mass is 10.3. The predicted octanol–water partition coefficient (Wildman–Crippen LogP) is -1.12. The average Bonchev–Trinajstić information content (AvgIpc) is 2.16. The lowest BCUT2D eigenvalue weighted by molar-refractivity contribution is -0.140. The summed E-state index contributed by atoms with van der Waals surface area (Å²) in [6.45, 7) is 0.730. The number of carbonyl (C=O) groups excluding carboxylic acids is 1. The number of ether oxygens (including phenoxy) is 1. The maximum Gasteiger partial charge on any atom is 0.305 e. The van der Waals surface area contributed by atoms with Crippen molar-refractivity contribution in [3.63, 3.8) is 0 Å². The van der Waals surface area contributed by atoms with E-state index in [0.717, 1.165) is 0 Å². The molecule has 1 atom stereocenters. The summed E-state index contributed by atoms with van der Waals surface area (Å²) in [4.78, 5) is 10.6. The standard InChI is InChI=1S/C8H17NO4/c1-13-8(12)3-2-4-9-5-7(11)6-10/h7,9-11H,2-6H2,1H3. The van der Waals surface area contributed by atoms with E-state index in [9.17, 15) is 4.79 Å². The zero-order valence-electron chi connectivity index (χ0n) is 7.82. The number of aliphatic hydroxyl groups is 2. The number of hydrogen-bond donors (Lipinski definition) is 3. The highest BCUT2D eigenvalue weighted by atomic mass is 16.5. The first kappa shape index (κ1) is 12.3. The van der Waals surface area contributed by atoms with E-state index in [4.69, 9.17) is 10.2 Å². The number of carbonyl (C=O) groups is 1. The average molecular weight is 191 g/mol. The summed E-state index contributed by atoms with van der Waals surface area (Å²) in [5, 5.41) is 20.3. The van der Waals surface area contributed by atoms with Crippen molar-refractivity contribution >= 4 is 5.97 Å². The number of aliphatic hydroxyl groups excluding tert-OH is 2. The van der Waals surface area contributed by atoms with E-state index < -0.39 is 6.10 Å². The smallest absolute Gasteiger partial charge is 0.305 e. The first-order valence-electron chi connectivity index (χ1n) is 4.27.